The van der Waals surface area contributed by atoms with Crippen LogP contribution in [0.4, 0.5) is 0 Å². The average Bonchev–Trinajstić information content (AvgIpc) is 3.16. The highest BCUT2D eigenvalue weighted by Crippen LogP contribution is 2.44. The second kappa shape index (κ2) is 11.0. The summed E-state index contributed by atoms with van der Waals surface area (Å²) in [6.45, 7) is 5.47. The van der Waals surface area contributed by atoms with Gasteiger partial charge >= 0.3 is 0 Å². The molecule has 2 aromatic rings. The highest BCUT2D eigenvalue weighted by molar-refractivity contribution is 6.46. The summed E-state index contributed by atoms with van der Waals surface area (Å²) < 4.78 is 21.7. The highest BCUT2D eigenvalue weighted by Gasteiger charge is 2.47. The number of aliphatic hydroxyl groups is 1. The third-order valence-corrected chi connectivity index (χ3v) is 6.72. The predicted molar refractivity (Wildman–Crippen MR) is 134 cm³/mol. The molecule has 2 heterocycles. The molecule has 2 fully saturated rings. The lowest BCUT2D eigenvalue weighted by Crippen LogP contribution is -2.42. The molecule has 0 spiro atoms. The van der Waals surface area contributed by atoms with E-state index in [1.807, 2.05) is 6.92 Å². The third-order valence-electron chi connectivity index (χ3n) is 6.72. The van der Waals surface area contributed by atoms with E-state index in [1.165, 1.54) is 12.0 Å². The molecule has 2 saturated heterocycles. The molecule has 1 atom stereocenters. The van der Waals surface area contributed by atoms with Crippen molar-refractivity contribution >= 4 is 17.4 Å². The van der Waals surface area contributed by atoms with Crippen LogP contribution in [0.3, 0.4) is 0 Å². The van der Waals surface area contributed by atoms with Gasteiger partial charge in [0.15, 0.2) is 0 Å². The molecule has 2 aromatic carbocycles. The van der Waals surface area contributed by atoms with E-state index in [1.54, 1.807) is 50.6 Å². The maximum atomic E-state index is 13.4. The van der Waals surface area contributed by atoms with E-state index < -0.39 is 17.7 Å². The van der Waals surface area contributed by atoms with E-state index in [2.05, 4.69) is 4.90 Å². The topological polar surface area (TPSA) is 97.8 Å². The number of hydrogen-bond donors (Lipinski definition) is 1. The van der Waals surface area contributed by atoms with Gasteiger partial charge in [0.05, 0.1) is 46.2 Å². The number of nitrogens with zero attached hydrogens (tertiary/aromatic N) is 2. The molecular weight excluding hydrogens is 464 g/mol. The van der Waals surface area contributed by atoms with Crippen LogP contribution in [0.1, 0.15) is 22.7 Å². The lowest BCUT2D eigenvalue weighted by atomic mass is 9.93. The standard InChI is InChI=1S/C27H32N2O7/c1-17-15-18(33-2)5-7-20(17)25(30)23-24(21-8-6-19(34-3)16-22(21)35-4)29(27(32)26(23)31)10-9-28-11-13-36-14-12-28/h5-8,15-16,24,30H,9-14H2,1-4H3/t24-/m0/s1. The number of carbonyl (C=O) groups is 2. The maximum Gasteiger partial charge on any atom is 0.295 e. The van der Waals surface area contributed by atoms with E-state index in [4.69, 9.17) is 18.9 Å². The zero-order valence-electron chi connectivity index (χ0n) is 21.1. The molecule has 0 aromatic heterocycles. The maximum absolute atomic E-state index is 13.4. The smallest absolute Gasteiger partial charge is 0.295 e. The second-order valence-corrected chi connectivity index (χ2v) is 8.74. The molecule has 0 aliphatic carbocycles. The van der Waals surface area contributed by atoms with Gasteiger partial charge in [0.2, 0.25) is 0 Å². The van der Waals surface area contributed by atoms with Gasteiger partial charge in [-0.05, 0) is 42.8 Å². The normalized spacial score (nSPS) is 20.0. The molecule has 36 heavy (non-hydrogen) atoms. The fourth-order valence-corrected chi connectivity index (χ4v) is 4.73. The molecular formula is C27H32N2O7. The van der Waals surface area contributed by atoms with Crippen LogP contribution < -0.4 is 14.2 Å². The first kappa shape index (κ1) is 25.5. The monoisotopic (exact) mass is 496 g/mol. The molecule has 1 N–H and O–H groups in total. The molecule has 9 heteroatoms. The lowest BCUT2D eigenvalue weighted by molar-refractivity contribution is -0.140. The van der Waals surface area contributed by atoms with Crippen molar-refractivity contribution < 1.29 is 33.6 Å². The fraction of sp³-hybridized carbons (Fsp3) is 0.407. The van der Waals surface area contributed by atoms with Crippen molar-refractivity contribution in [2.24, 2.45) is 0 Å². The Morgan fingerprint density at radius 1 is 0.972 bits per heavy atom. The van der Waals surface area contributed by atoms with Gasteiger partial charge in [-0.1, -0.05) is 0 Å². The Bertz CT molecular complexity index is 1170. The molecule has 1 amide bonds. The Hall–Kier alpha value is -3.56. The van der Waals surface area contributed by atoms with Crippen molar-refractivity contribution in [2.75, 3.05) is 60.7 Å². The largest absolute Gasteiger partial charge is 0.507 e. The molecule has 9 nitrogen and oxygen atoms in total. The number of aryl methyl sites for hydroxylation is 1. The van der Waals surface area contributed by atoms with Crippen molar-refractivity contribution in [1.29, 1.82) is 0 Å². The summed E-state index contributed by atoms with van der Waals surface area (Å²) in [4.78, 5) is 30.4. The Labute approximate surface area is 210 Å². The van der Waals surface area contributed by atoms with E-state index >= 15 is 0 Å². The number of likely N-dealkylation sites (tertiary alicyclic amines) is 1. The molecule has 0 unspecified atom stereocenters. The van der Waals surface area contributed by atoms with Crippen LogP contribution in [-0.2, 0) is 14.3 Å². The number of carbonyl (C=O) groups excluding carboxylic acids is 2. The van der Waals surface area contributed by atoms with Crippen LogP contribution in [0.15, 0.2) is 42.0 Å². The van der Waals surface area contributed by atoms with Gasteiger partial charge < -0.3 is 29.0 Å². The van der Waals surface area contributed by atoms with Gasteiger partial charge in [-0.2, -0.15) is 0 Å². The fourth-order valence-electron chi connectivity index (χ4n) is 4.73. The van der Waals surface area contributed by atoms with E-state index in [-0.39, 0.29) is 11.3 Å². The summed E-state index contributed by atoms with van der Waals surface area (Å²) in [5.74, 6) is 0.0434. The Balaban J connectivity index is 1.82. The highest BCUT2D eigenvalue weighted by atomic mass is 16.5. The molecule has 4 rings (SSSR count). The van der Waals surface area contributed by atoms with Gasteiger partial charge in [0.1, 0.15) is 23.0 Å². The molecule has 2 aliphatic rings. The first-order valence-corrected chi connectivity index (χ1v) is 11.8. The number of benzene rings is 2. The van der Waals surface area contributed by atoms with Crippen LogP contribution in [0.25, 0.3) is 5.76 Å². The minimum atomic E-state index is -0.826. The molecule has 192 valence electrons. The van der Waals surface area contributed by atoms with E-state index in [0.29, 0.717) is 60.2 Å². The van der Waals surface area contributed by atoms with Crippen molar-refractivity contribution in [2.45, 2.75) is 13.0 Å². The Morgan fingerprint density at radius 3 is 2.28 bits per heavy atom. The summed E-state index contributed by atoms with van der Waals surface area (Å²) in [6.07, 6.45) is 0. The summed E-state index contributed by atoms with van der Waals surface area (Å²) >= 11 is 0. The van der Waals surface area contributed by atoms with Crippen molar-refractivity contribution in [1.82, 2.24) is 9.80 Å². The Kier molecular flexibility index (Phi) is 7.81. The number of rotatable bonds is 8. The number of Topliss-reactive ketones (excluding diaryl/α,β-unsaturated/α-hetero) is 1. The van der Waals surface area contributed by atoms with Crippen molar-refractivity contribution in [3.63, 3.8) is 0 Å². The van der Waals surface area contributed by atoms with Crippen LogP contribution >= 0.6 is 0 Å². The third kappa shape index (κ3) is 4.89. The van der Waals surface area contributed by atoms with Crippen molar-refractivity contribution in [3.05, 3.63) is 58.7 Å². The zero-order valence-corrected chi connectivity index (χ0v) is 21.1. The van der Waals surface area contributed by atoms with Gasteiger partial charge in [0.25, 0.3) is 11.7 Å². The minimum Gasteiger partial charge on any atom is -0.507 e. The minimum absolute atomic E-state index is 0.0266. The van der Waals surface area contributed by atoms with Gasteiger partial charge in [0, 0.05) is 43.4 Å². The molecule has 2 aliphatic heterocycles. The summed E-state index contributed by atoms with van der Waals surface area (Å²) in [7, 11) is 4.63. The number of morpholine rings is 1. The SMILES string of the molecule is COc1ccc(C(O)=C2C(=O)C(=O)N(CCN3CCOCC3)[C@H]2c2ccc(OC)cc2OC)c(C)c1. The number of ketones is 1. The van der Waals surface area contributed by atoms with Gasteiger partial charge in [-0.3, -0.25) is 14.5 Å². The van der Waals surface area contributed by atoms with E-state index in [0.717, 1.165) is 13.1 Å². The molecule has 0 radical (unpaired) electrons. The summed E-state index contributed by atoms with van der Waals surface area (Å²) in [5, 5.41) is 11.4. The van der Waals surface area contributed by atoms with Gasteiger partial charge in [-0.15, -0.1) is 0 Å². The van der Waals surface area contributed by atoms with Crippen LogP contribution in [-0.4, -0.2) is 87.3 Å². The van der Waals surface area contributed by atoms with Crippen LogP contribution in [0, 0.1) is 6.92 Å². The zero-order chi connectivity index (χ0) is 25.8. The predicted octanol–water partition coefficient (Wildman–Crippen LogP) is 2.77. The number of amides is 1. The number of aliphatic hydroxyl groups excluding tert-OH is 1. The average molecular weight is 497 g/mol. The lowest BCUT2D eigenvalue weighted by Gasteiger charge is -2.31. The number of methoxy groups -OCH3 is 3. The van der Waals surface area contributed by atoms with Crippen LogP contribution in [0.5, 0.6) is 17.2 Å². The summed E-state index contributed by atoms with van der Waals surface area (Å²) in [5.41, 5.74) is 1.79. The van der Waals surface area contributed by atoms with Crippen LogP contribution in [0.2, 0.25) is 0 Å². The summed E-state index contributed by atoms with van der Waals surface area (Å²) in [6, 6.07) is 9.56. The van der Waals surface area contributed by atoms with E-state index in [9.17, 15) is 14.7 Å². The molecule has 0 bridgehead atoms. The first-order valence-electron chi connectivity index (χ1n) is 11.8. The second-order valence-electron chi connectivity index (χ2n) is 8.74. The van der Waals surface area contributed by atoms with Crippen molar-refractivity contribution in [3.8, 4) is 17.2 Å². The van der Waals surface area contributed by atoms with Gasteiger partial charge in [-0.25, -0.2) is 0 Å². The Morgan fingerprint density at radius 2 is 1.64 bits per heavy atom. The quantitative estimate of drug-likeness (QED) is 0.339. The molecule has 0 saturated carbocycles. The number of ether oxygens (including phenoxy) is 4. The first-order chi connectivity index (χ1) is 17.4. The number of hydrogen-bond acceptors (Lipinski definition) is 8.